The number of nitrogens with zero attached hydrogens (tertiary/aromatic N) is 2. The van der Waals surface area contributed by atoms with Crippen LogP contribution in [0.15, 0.2) is 88.3 Å². The van der Waals surface area contributed by atoms with Crippen molar-refractivity contribution in [2.75, 3.05) is 14.2 Å². The number of rotatable bonds is 7. The third-order valence-electron chi connectivity index (χ3n) is 5.07. The second kappa shape index (κ2) is 9.70. The average Bonchev–Trinajstić information content (AvgIpc) is 2.84. The summed E-state index contributed by atoms with van der Waals surface area (Å²) in [4.78, 5) is 5.02. The zero-order chi connectivity index (χ0) is 22.5. The number of ether oxygens (including phenoxy) is 3. The fourth-order valence-corrected chi connectivity index (χ4v) is 4.24. The van der Waals surface area contributed by atoms with Gasteiger partial charge in [0.25, 0.3) is 0 Å². The van der Waals surface area contributed by atoms with Crippen molar-refractivity contribution in [3.05, 3.63) is 84.6 Å². The van der Waals surface area contributed by atoms with E-state index in [4.69, 9.17) is 14.2 Å². The molecule has 2 atom stereocenters. The molecule has 0 N–H and O–H groups in total. The monoisotopic (exact) mass is 448 g/mol. The molecule has 0 saturated carbocycles. The summed E-state index contributed by atoms with van der Waals surface area (Å²) in [6, 6.07) is 22.0. The Kier molecular flexibility index (Phi) is 6.56. The summed E-state index contributed by atoms with van der Waals surface area (Å²) in [5, 5.41) is 0.881. The van der Waals surface area contributed by atoms with Crippen LogP contribution in [0, 0.1) is 0 Å². The average molecular weight is 449 g/mol. The van der Waals surface area contributed by atoms with Crippen LogP contribution in [0.4, 0.5) is 0 Å². The van der Waals surface area contributed by atoms with E-state index < -0.39 is 10.6 Å². The van der Waals surface area contributed by atoms with Crippen molar-refractivity contribution in [3.8, 4) is 23.0 Å². The number of pyridine rings is 1. The smallest absolute Gasteiger partial charge is 0.138 e. The van der Waals surface area contributed by atoms with Gasteiger partial charge in [0.15, 0.2) is 0 Å². The highest BCUT2D eigenvalue weighted by Crippen LogP contribution is 2.31. The Balaban J connectivity index is 1.51. The van der Waals surface area contributed by atoms with Crippen molar-refractivity contribution in [1.82, 2.24) is 4.98 Å². The van der Waals surface area contributed by atoms with Crippen LogP contribution in [0.5, 0.6) is 23.0 Å². The van der Waals surface area contributed by atoms with Gasteiger partial charge in [0.2, 0.25) is 0 Å². The van der Waals surface area contributed by atoms with Gasteiger partial charge in [0, 0.05) is 22.5 Å². The first kappa shape index (κ1) is 21.6. The summed E-state index contributed by atoms with van der Waals surface area (Å²) in [5.74, 6) is 2.85. The highest BCUT2D eigenvalue weighted by Gasteiger charge is 2.08. The first-order valence-electron chi connectivity index (χ1n) is 10.1. The van der Waals surface area contributed by atoms with Gasteiger partial charge in [-0.25, -0.2) is 8.57 Å². The molecule has 0 amide bonds. The SMILES string of the molecule is COc1ccc([C@@H](C)/N=[SH](=O)\c2ccc(Oc3ccnc4cc(OC)ccc34)cc2)cc1. The minimum atomic E-state index is -1.89. The molecule has 1 unspecified atom stereocenters. The van der Waals surface area contributed by atoms with Gasteiger partial charge in [-0.1, -0.05) is 12.1 Å². The number of hydrogen-bond acceptors (Lipinski definition) is 6. The van der Waals surface area contributed by atoms with Crippen molar-refractivity contribution < 1.29 is 18.4 Å². The molecule has 164 valence electrons. The second-order valence-corrected chi connectivity index (χ2v) is 8.42. The minimum Gasteiger partial charge on any atom is -0.497 e. The minimum absolute atomic E-state index is 0.194. The summed E-state index contributed by atoms with van der Waals surface area (Å²) in [6.07, 6.45) is 1.70. The number of hydrogen-bond donors (Lipinski definition) is 1. The Labute approximate surface area is 189 Å². The van der Waals surface area contributed by atoms with Gasteiger partial charge in [0.05, 0.1) is 36.4 Å². The summed E-state index contributed by atoms with van der Waals surface area (Å²) < 4.78 is 33.7. The quantitative estimate of drug-likeness (QED) is 0.360. The van der Waals surface area contributed by atoms with Crippen LogP contribution in [-0.2, 0) is 10.6 Å². The molecule has 4 aromatic rings. The van der Waals surface area contributed by atoms with E-state index in [1.54, 1.807) is 44.7 Å². The van der Waals surface area contributed by atoms with Crippen molar-refractivity contribution in [2.24, 2.45) is 4.36 Å². The van der Waals surface area contributed by atoms with Crippen LogP contribution in [-0.4, -0.2) is 23.4 Å². The molecular weight excluding hydrogens is 424 g/mol. The standard InChI is InChI=1S/C25H24N2O4S/c1-17(18-4-6-19(29-2)7-5-18)27-32(28)22-11-8-20(9-12-22)31-25-14-15-26-24-16-21(30-3)10-13-23(24)25/h4-17,32H,1-3H3/t17-/m1/s1. The Morgan fingerprint density at radius 1 is 0.844 bits per heavy atom. The van der Waals surface area contributed by atoms with E-state index in [1.807, 2.05) is 55.5 Å². The van der Waals surface area contributed by atoms with Crippen LogP contribution in [0.25, 0.3) is 10.9 Å². The summed E-state index contributed by atoms with van der Waals surface area (Å²) >= 11 is 0. The number of thiol groups is 1. The number of fused-ring (bicyclic) bond motifs is 1. The van der Waals surface area contributed by atoms with E-state index in [0.29, 0.717) is 16.4 Å². The van der Waals surface area contributed by atoms with Gasteiger partial charge >= 0.3 is 0 Å². The maximum atomic E-state index is 12.8. The normalized spacial score (nSPS) is 13.0. The van der Waals surface area contributed by atoms with Gasteiger partial charge in [-0.15, -0.1) is 0 Å². The molecule has 4 rings (SSSR count). The fourth-order valence-electron chi connectivity index (χ4n) is 3.26. The predicted octanol–water partition coefficient (Wildman–Crippen LogP) is 5.83. The molecule has 0 radical (unpaired) electrons. The molecule has 3 aromatic carbocycles. The lowest BCUT2D eigenvalue weighted by molar-refractivity contribution is 0.414. The van der Waals surface area contributed by atoms with E-state index >= 15 is 0 Å². The zero-order valence-electron chi connectivity index (χ0n) is 18.1. The Morgan fingerprint density at radius 3 is 2.19 bits per heavy atom. The van der Waals surface area contributed by atoms with Crippen LogP contribution in [0.2, 0.25) is 0 Å². The lowest BCUT2D eigenvalue weighted by Crippen LogP contribution is -1.92. The molecule has 0 spiro atoms. The van der Waals surface area contributed by atoms with Crippen molar-refractivity contribution in [3.63, 3.8) is 0 Å². The van der Waals surface area contributed by atoms with Gasteiger partial charge in [0.1, 0.15) is 23.0 Å². The molecule has 0 saturated heterocycles. The van der Waals surface area contributed by atoms with E-state index in [1.165, 1.54) is 0 Å². The lowest BCUT2D eigenvalue weighted by Gasteiger charge is -2.10. The van der Waals surface area contributed by atoms with Crippen molar-refractivity contribution >= 4 is 21.5 Å². The molecule has 0 aliphatic rings. The Morgan fingerprint density at radius 2 is 1.50 bits per heavy atom. The molecule has 0 fully saturated rings. The number of methoxy groups -OCH3 is 2. The van der Waals surface area contributed by atoms with Crippen LogP contribution in [0.3, 0.4) is 0 Å². The third-order valence-corrected chi connectivity index (χ3v) is 6.37. The predicted molar refractivity (Wildman–Crippen MR) is 126 cm³/mol. The maximum absolute atomic E-state index is 12.8. The molecule has 0 aliphatic heterocycles. The second-order valence-electron chi connectivity index (χ2n) is 7.13. The molecule has 6 nitrogen and oxygen atoms in total. The highest BCUT2D eigenvalue weighted by atomic mass is 32.2. The molecule has 1 aromatic heterocycles. The molecule has 1 heterocycles. The van der Waals surface area contributed by atoms with Crippen LogP contribution in [0.1, 0.15) is 18.5 Å². The third kappa shape index (κ3) is 4.84. The van der Waals surface area contributed by atoms with Gasteiger partial charge in [-0.05, 0) is 67.1 Å². The van der Waals surface area contributed by atoms with Gasteiger partial charge in [-0.3, -0.25) is 4.98 Å². The van der Waals surface area contributed by atoms with E-state index in [0.717, 1.165) is 28.0 Å². The largest absolute Gasteiger partial charge is 0.497 e. The Hall–Kier alpha value is -3.58. The summed E-state index contributed by atoms with van der Waals surface area (Å²) in [6.45, 7) is 1.93. The Bertz CT molecular complexity index is 1300. The van der Waals surface area contributed by atoms with E-state index in [2.05, 4.69) is 9.35 Å². The molecular formula is C25H24N2O4S. The van der Waals surface area contributed by atoms with E-state index in [-0.39, 0.29) is 6.04 Å². The van der Waals surface area contributed by atoms with Crippen molar-refractivity contribution in [2.45, 2.75) is 17.9 Å². The highest BCUT2D eigenvalue weighted by molar-refractivity contribution is 7.75. The van der Waals surface area contributed by atoms with Gasteiger partial charge in [-0.2, -0.15) is 0 Å². The van der Waals surface area contributed by atoms with Crippen molar-refractivity contribution in [1.29, 1.82) is 0 Å². The molecule has 0 bridgehead atoms. The van der Waals surface area contributed by atoms with Crippen LogP contribution < -0.4 is 14.2 Å². The first-order chi connectivity index (χ1) is 15.6. The first-order valence-corrected chi connectivity index (χ1v) is 11.3. The summed E-state index contributed by atoms with van der Waals surface area (Å²) in [5.41, 5.74) is 1.77. The maximum Gasteiger partial charge on any atom is 0.138 e. The van der Waals surface area contributed by atoms with Crippen LogP contribution >= 0.6 is 0 Å². The van der Waals surface area contributed by atoms with E-state index in [9.17, 15) is 4.21 Å². The van der Waals surface area contributed by atoms with Gasteiger partial charge < -0.3 is 14.2 Å². The zero-order valence-corrected chi connectivity index (χ0v) is 19.0. The molecule has 7 heteroatoms. The molecule has 32 heavy (non-hydrogen) atoms. The summed E-state index contributed by atoms with van der Waals surface area (Å²) in [7, 11) is 1.36. The number of benzene rings is 3. The lowest BCUT2D eigenvalue weighted by atomic mass is 10.1. The molecule has 0 aliphatic carbocycles. The number of aromatic nitrogens is 1. The topological polar surface area (TPSA) is 70.0 Å². The fraction of sp³-hybridized carbons (Fsp3) is 0.160.